The molecule has 2 heterocycles. The van der Waals surface area contributed by atoms with E-state index < -0.39 is 0 Å². The molecule has 0 aliphatic heterocycles. The Kier molecular flexibility index (Phi) is 2.77. The van der Waals surface area contributed by atoms with Crippen LogP contribution in [0.1, 0.15) is 0 Å². The maximum absolute atomic E-state index is 11.3. The largest absolute Gasteiger partial charge is 0.368 e. The van der Waals surface area contributed by atoms with Crippen molar-refractivity contribution in [1.29, 1.82) is 0 Å². The molecule has 4 N–H and O–H groups in total. The number of nitrogens with zero attached hydrogens (tertiary/aromatic N) is 4. The third-order valence-electron chi connectivity index (χ3n) is 2.33. The molecule has 0 saturated heterocycles. The SMILES string of the molecule is CNC(=O)CN(C)c1nc(N)nc2[nH]ncc12. The van der Waals surface area contributed by atoms with Crippen LogP contribution in [0.4, 0.5) is 11.8 Å². The van der Waals surface area contributed by atoms with Crippen LogP contribution >= 0.6 is 0 Å². The van der Waals surface area contributed by atoms with Crippen LogP contribution in [0.25, 0.3) is 11.0 Å². The fourth-order valence-electron chi connectivity index (χ4n) is 1.50. The predicted octanol–water partition coefficient (Wildman–Crippen LogP) is -0.883. The Morgan fingerprint density at radius 3 is 3.06 bits per heavy atom. The summed E-state index contributed by atoms with van der Waals surface area (Å²) in [6.07, 6.45) is 1.60. The first-order chi connectivity index (χ1) is 8.11. The molecule has 2 aromatic heterocycles. The van der Waals surface area contributed by atoms with E-state index in [1.54, 1.807) is 25.2 Å². The Hall–Kier alpha value is -2.38. The number of carbonyl (C=O) groups excluding carboxylic acids is 1. The Labute approximate surface area is 97.2 Å². The molecule has 0 radical (unpaired) electrons. The minimum absolute atomic E-state index is 0.110. The number of aromatic amines is 1. The van der Waals surface area contributed by atoms with Gasteiger partial charge >= 0.3 is 0 Å². The number of carbonyl (C=O) groups is 1. The zero-order valence-electron chi connectivity index (χ0n) is 9.56. The summed E-state index contributed by atoms with van der Waals surface area (Å²) in [5, 5.41) is 9.86. The van der Waals surface area contributed by atoms with Crippen LogP contribution in [-0.2, 0) is 4.79 Å². The fraction of sp³-hybridized carbons (Fsp3) is 0.333. The number of hydrogen-bond donors (Lipinski definition) is 3. The highest BCUT2D eigenvalue weighted by atomic mass is 16.1. The maximum Gasteiger partial charge on any atom is 0.239 e. The van der Waals surface area contributed by atoms with Gasteiger partial charge in [0.2, 0.25) is 11.9 Å². The quantitative estimate of drug-likeness (QED) is 0.636. The van der Waals surface area contributed by atoms with E-state index in [0.717, 1.165) is 5.39 Å². The molecule has 0 aliphatic rings. The predicted molar refractivity (Wildman–Crippen MR) is 63.4 cm³/mol. The van der Waals surface area contributed by atoms with Gasteiger partial charge in [0.05, 0.1) is 18.1 Å². The first-order valence-electron chi connectivity index (χ1n) is 5.00. The van der Waals surface area contributed by atoms with Gasteiger partial charge in [-0.15, -0.1) is 0 Å². The van der Waals surface area contributed by atoms with Gasteiger partial charge in [-0.3, -0.25) is 9.89 Å². The van der Waals surface area contributed by atoms with Crippen LogP contribution < -0.4 is 16.0 Å². The van der Waals surface area contributed by atoms with E-state index in [1.165, 1.54) is 0 Å². The Morgan fingerprint density at radius 2 is 2.35 bits per heavy atom. The molecule has 0 spiro atoms. The summed E-state index contributed by atoms with van der Waals surface area (Å²) >= 11 is 0. The highest BCUT2D eigenvalue weighted by Gasteiger charge is 2.13. The molecule has 2 rings (SSSR count). The molecule has 0 aromatic carbocycles. The highest BCUT2D eigenvalue weighted by Crippen LogP contribution is 2.21. The monoisotopic (exact) mass is 235 g/mol. The van der Waals surface area contributed by atoms with Crippen molar-refractivity contribution in [2.45, 2.75) is 0 Å². The standard InChI is InChI=1S/C9H13N7O/c1-11-6(17)4-16(2)8-5-3-12-15-7(5)13-9(10)14-8/h3H,4H2,1-2H3,(H,11,17)(H3,10,12,13,14,15). The molecule has 1 amide bonds. The molecule has 17 heavy (non-hydrogen) atoms. The lowest BCUT2D eigenvalue weighted by molar-refractivity contribution is -0.119. The van der Waals surface area contributed by atoms with Crippen molar-refractivity contribution in [1.82, 2.24) is 25.5 Å². The number of aromatic nitrogens is 4. The van der Waals surface area contributed by atoms with Crippen molar-refractivity contribution < 1.29 is 4.79 Å². The van der Waals surface area contributed by atoms with Gasteiger partial charge in [-0.05, 0) is 0 Å². The average molecular weight is 235 g/mol. The second-order valence-electron chi connectivity index (χ2n) is 3.57. The number of H-pyrrole nitrogens is 1. The molecule has 90 valence electrons. The van der Waals surface area contributed by atoms with Crippen molar-refractivity contribution in [3.05, 3.63) is 6.20 Å². The lowest BCUT2D eigenvalue weighted by Crippen LogP contribution is -2.33. The normalized spacial score (nSPS) is 10.5. The molecule has 0 saturated carbocycles. The van der Waals surface area contributed by atoms with Gasteiger partial charge in [-0.2, -0.15) is 15.1 Å². The second-order valence-corrected chi connectivity index (χ2v) is 3.57. The summed E-state index contributed by atoms with van der Waals surface area (Å²) in [4.78, 5) is 21.1. The summed E-state index contributed by atoms with van der Waals surface area (Å²) in [5.41, 5.74) is 6.14. The molecule has 0 aliphatic carbocycles. The van der Waals surface area contributed by atoms with Crippen LogP contribution in [0.15, 0.2) is 6.20 Å². The van der Waals surface area contributed by atoms with E-state index in [0.29, 0.717) is 11.5 Å². The molecule has 8 nitrogen and oxygen atoms in total. The van der Waals surface area contributed by atoms with E-state index >= 15 is 0 Å². The van der Waals surface area contributed by atoms with Crippen LogP contribution in [0, 0.1) is 0 Å². The van der Waals surface area contributed by atoms with Crippen molar-refractivity contribution in [2.24, 2.45) is 0 Å². The number of rotatable bonds is 3. The van der Waals surface area contributed by atoms with Crippen molar-refractivity contribution in [3.8, 4) is 0 Å². The van der Waals surface area contributed by atoms with Crippen molar-refractivity contribution in [3.63, 3.8) is 0 Å². The van der Waals surface area contributed by atoms with E-state index in [-0.39, 0.29) is 18.4 Å². The number of hydrogen-bond acceptors (Lipinski definition) is 6. The molecule has 8 heteroatoms. The minimum atomic E-state index is -0.110. The van der Waals surface area contributed by atoms with Crippen LogP contribution in [-0.4, -0.2) is 46.7 Å². The molecular formula is C9H13N7O. The fourth-order valence-corrected chi connectivity index (χ4v) is 1.50. The zero-order valence-corrected chi connectivity index (χ0v) is 9.56. The average Bonchev–Trinajstić information content (AvgIpc) is 2.75. The van der Waals surface area contributed by atoms with E-state index in [1.807, 2.05) is 0 Å². The zero-order chi connectivity index (χ0) is 12.4. The van der Waals surface area contributed by atoms with Crippen molar-refractivity contribution >= 4 is 28.7 Å². The molecular weight excluding hydrogens is 222 g/mol. The van der Waals surface area contributed by atoms with Gasteiger partial charge in [0.15, 0.2) is 5.65 Å². The number of nitrogens with two attached hydrogens (primary N) is 1. The minimum Gasteiger partial charge on any atom is -0.368 e. The third-order valence-corrected chi connectivity index (χ3v) is 2.33. The number of nitrogens with one attached hydrogen (secondary N) is 2. The number of nitrogen functional groups attached to an aromatic ring is 1. The van der Waals surface area contributed by atoms with Gasteiger partial charge in [0, 0.05) is 14.1 Å². The smallest absolute Gasteiger partial charge is 0.239 e. The van der Waals surface area contributed by atoms with E-state index in [2.05, 4.69) is 25.5 Å². The van der Waals surface area contributed by atoms with Crippen LogP contribution in [0.5, 0.6) is 0 Å². The molecule has 0 fully saturated rings. The summed E-state index contributed by atoms with van der Waals surface area (Å²) in [6, 6.07) is 0. The molecule has 2 aromatic rings. The van der Waals surface area contributed by atoms with Crippen LogP contribution in [0.3, 0.4) is 0 Å². The van der Waals surface area contributed by atoms with Gasteiger partial charge in [0.1, 0.15) is 5.82 Å². The lowest BCUT2D eigenvalue weighted by Gasteiger charge is -2.17. The number of amides is 1. The summed E-state index contributed by atoms with van der Waals surface area (Å²) in [6.45, 7) is 0.188. The van der Waals surface area contributed by atoms with Crippen LogP contribution in [0.2, 0.25) is 0 Å². The lowest BCUT2D eigenvalue weighted by atomic mass is 10.3. The van der Waals surface area contributed by atoms with Gasteiger partial charge in [0.25, 0.3) is 0 Å². The summed E-state index contributed by atoms with van der Waals surface area (Å²) < 4.78 is 0. The first-order valence-corrected chi connectivity index (χ1v) is 5.00. The topological polar surface area (TPSA) is 113 Å². The molecule has 0 bridgehead atoms. The molecule has 0 atom stereocenters. The van der Waals surface area contributed by atoms with Gasteiger partial charge < -0.3 is 16.0 Å². The third kappa shape index (κ3) is 2.10. The maximum atomic E-state index is 11.3. The molecule has 0 unspecified atom stereocenters. The number of anilines is 2. The summed E-state index contributed by atoms with van der Waals surface area (Å²) in [5.74, 6) is 0.603. The highest BCUT2D eigenvalue weighted by molar-refractivity contribution is 5.89. The van der Waals surface area contributed by atoms with Gasteiger partial charge in [-0.25, -0.2) is 0 Å². The second kappa shape index (κ2) is 4.24. The Bertz CT molecular complexity index is 549. The van der Waals surface area contributed by atoms with Gasteiger partial charge in [-0.1, -0.05) is 0 Å². The number of fused-ring (bicyclic) bond motifs is 1. The number of likely N-dealkylation sites (N-methyl/N-ethyl adjacent to an activating group) is 2. The van der Waals surface area contributed by atoms with E-state index in [9.17, 15) is 4.79 Å². The van der Waals surface area contributed by atoms with E-state index in [4.69, 9.17) is 5.73 Å². The first kappa shape index (κ1) is 11.1. The van der Waals surface area contributed by atoms with Crippen molar-refractivity contribution in [2.75, 3.05) is 31.3 Å². The Morgan fingerprint density at radius 1 is 1.59 bits per heavy atom. The summed E-state index contributed by atoms with van der Waals surface area (Å²) in [7, 11) is 3.33. The Balaban J connectivity index is 2.39.